The molecule has 5 nitrogen and oxygen atoms in total. The first-order chi connectivity index (χ1) is 10.1. The van der Waals surface area contributed by atoms with Gasteiger partial charge in [0, 0.05) is 5.39 Å². The van der Waals surface area contributed by atoms with Crippen molar-refractivity contribution in [2.24, 2.45) is 0 Å². The van der Waals surface area contributed by atoms with E-state index in [4.69, 9.17) is 4.42 Å². The van der Waals surface area contributed by atoms with Crippen LogP contribution in [-0.2, 0) is 0 Å². The van der Waals surface area contributed by atoms with E-state index in [-0.39, 0.29) is 11.6 Å². The van der Waals surface area contributed by atoms with Crippen LogP contribution in [0.2, 0.25) is 0 Å². The monoisotopic (exact) mass is 287 g/mol. The number of fused-ring (bicyclic) bond motifs is 1. The summed E-state index contributed by atoms with van der Waals surface area (Å²) in [5, 5.41) is 13.3. The fraction of sp³-hybridized carbons (Fsp3) is 0.375. The number of hydrogen-bond acceptors (Lipinski definition) is 4. The lowest BCUT2D eigenvalue weighted by atomic mass is 9.92. The lowest BCUT2D eigenvalue weighted by Gasteiger charge is -2.28. The topological polar surface area (TPSA) is 79.5 Å². The van der Waals surface area contributed by atoms with E-state index in [1.54, 1.807) is 18.2 Å². The van der Waals surface area contributed by atoms with E-state index in [1.807, 2.05) is 6.07 Å². The molecular formula is C16H17NO4. The van der Waals surface area contributed by atoms with Crippen molar-refractivity contribution in [3.8, 4) is 0 Å². The highest BCUT2D eigenvalue weighted by Crippen LogP contribution is 2.19. The van der Waals surface area contributed by atoms with Crippen LogP contribution < -0.4 is 10.9 Å². The van der Waals surface area contributed by atoms with E-state index in [0.717, 1.165) is 19.3 Å². The zero-order chi connectivity index (χ0) is 14.8. The Balaban J connectivity index is 1.87. The van der Waals surface area contributed by atoms with E-state index in [2.05, 4.69) is 5.32 Å². The summed E-state index contributed by atoms with van der Waals surface area (Å²) in [6.45, 7) is 0. The second-order valence-electron chi connectivity index (χ2n) is 5.42. The van der Waals surface area contributed by atoms with Gasteiger partial charge < -0.3 is 14.8 Å². The Labute approximate surface area is 121 Å². The summed E-state index contributed by atoms with van der Waals surface area (Å²) in [5.74, 6) is -0.486. The maximum Gasteiger partial charge on any atom is 0.349 e. The number of aliphatic hydroxyl groups is 1. The van der Waals surface area contributed by atoms with Crippen molar-refractivity contribution in [1.82, 2.24) is 5.32 Å². The normalized spacial score (nSPS) is 22.1. The summed E-state index contributed by atoms with van der Waals surface area (Å²) in [4.78, 5) is 24.1. The largest absolute Gasteiger partial charge is 0.422 e. The Bertz CT molecular complexity index is 722. The highest BCUT2D eigenvalue weighted by atomic mass is 16.4. The average Bonchev–Trinajstić information content (AvgIpc) is 2.49. The minimum atomic E-state index is -0.656. The smallest absolute Gasteiger partial charge is 0.349 e. The van der Waals surface area contributed by atoms with Crippen LogP contribution in [0.25, 0.3) is 11.0 Å². The van der Waals surface area contributed by atoms with Crippen molar-refractivity contribution in [3.05, 3.63) is 46.3 Å². The number of para-hydroxylation sites is 1. The highest BCUT2D eigenvalue weighted by Gasteiger charge is 2.26. The fourth-order valence-electron chi connectivity index (χ4n) is 2.75. The molecule has 21 heavy (non-hydrogen) atoms. The molecule has 2 atom stereocenters. The van der Waals surface area contributed by atoms with Crippen LogP contribution in [0.4, 0.5) is 0 Å². The molecule has 2 aromatic rings. The van der Waals surface area contributed by atoms with E-state index in [1.165, 1.54) is 6.07 Å². The van der Waals surface area contributed by atoms with Gasteiger partial charge in [0.15, 0.2) is 0 Å². The third-order valence-corrected chi connectivity index (χ3v) is 3.93. The van der Waals surface area contributed by atoms with Crippen LogP contribution >= 0.6 is 0 Å². The Kier molecular flexibility index (Phi) is 3.75. The molecule has 1 aromatic heterocycles. The van der Waals surface area contributed by atoms with Crippen molar-refractivity contribution < 1.29 is 14.3 Å². The number of aliphatic hydroxyl groups excluding tert-OH is 1. The molecule has 0 unspecified atom stereocenters. The molecule has 0 spiro atoms. The Hall–Kier alpha value is -2.14. The quantitative estimate of drug-likeness (QED) is 0.826. The molecule has 1 aromatic carbocycles. The molecule has 0 saturated heterocycles. The number of rotatable bonds is 2. The van der Waals surface area contributed by atoms with Crippen LogP contribution in [0.3, 0.4) is 0 Å². The lowest BCUT2D eigenvalue weighted by molar-refractivity contribution is 0.0715. The SMILES string of the molecule is O=C(N[C@@H]1CCCC[C@H]1O)c1cc2ccccc2oc1=O. The third-order valence-electron chi connectivity index (χ3n) is 3.93. The molecule has 1 fully saturated rings. The van der Waals surface area contributed by atoms with Gasteiger partial charge in [-0.2, -0.15) is 0 Å². The van der Waals surface area contributed by atoms with Gasteiger partial charge >= 0.3 is 5.63 Å². The summed E-state index contributed by atoms with van der Waals surface area (Å²) < 4.78 is 5.15. The molecule has 3 rings (SSSR count). The second kappa shape index (κ2) is 5.69. The molecule has 1 aliphatic carbocycles. The summed E-state index contributed by atoms with van der Waals surface area (Å²) in [5.41, 5.74) is -0.222. The summed E-state index contributed by atoms with van der Waals surface area (Å²) in [6.07, 6.45) is 2.79. The molecule has 0 aliphatic heterocycles. The minimum absolute atomic E-state index is 0.0218. The van der Waals surface area contributed by atoms with Gasteiger partial charge in [-0.3, -0.25) is 4.79 Å². The molecule has 0 bridgehead atoms. The van der Waals surface area contributed by atoms with Crippen LogP contribution in [0.15, 0.2) is 39.5 Å². The summed E-state index contributed by atoms with van der Waals surface area (Å²) in [6, 6.07) is 8.29. The molecule has 5 heteroatoms. The van der Waals surface area contributed by atoms with Gasteiger partial charge in [-0.05, 0) is 25.0 Å². The van der Waals surface area contributed by atoms with Crippen molar-refractivity contribution >= 4 is 16.9 Å². The maximum absolute atomic E-state index is 12.2. The Morgan fingerprint density at radius 3 is 2.81 bits per heavy atom. The van der Waals surface area contributed by atoms with Gasteiger partial charge in [0.25, 0.3) is 5.91 Å². The fourth-order valence-corrected chi connectivity index (χ4v) is 2.75. The number of carbonyl (C=O) groups is 1. The first-order valence-electron chi connectivity index (χ1n) is 7.17. The molecule has 1 saturated carbocycles. The van der Waals surface area contributed by atoms with Gasteiger partial charge in [0.05, 0.1) is 12.1 Å². The van der Waals surface area contributed by atoms with Crippen molar-refractivity contribution in [3.63, 3.8) is 0 Å². The van der Waals surface area contributed by atoms with Crippen molar-refractivity contribution in [2.45, 2.75) is 37.8 Å². The van der Waals surface area contributed by atoms with Gasteiger partial charge in [0.2, 0.25) is 0 Å². The molecular weight excluding hydrogens is 270 g/mol. The molecule has 0 radical (unpaired) electrons. The van der Waals surface area contributed by atoms with Crippen LogP contribution in [0.1, 0.15) is 36.0 Å². The molecule has 2 N–H and O–H groups in total. The summed E-state index contributed by atoms with van der Waals surface area (Å²) >= 11 is 0. The number of amides is 1. The van der Waals surface area contributed by atoms with E-state index >= 15 is 0 Å². The number of carbonyl (C=O) groups excluding carboxylic acids is 1. The third kappa shape index (κ3) is 2.83. The highest BCUT2D eigenvalue weighted by molar-refractivity contribution is 5.96. The number of hydrogen-bond donors (Lipinski definition) is 2. The minimum Gasteiger partial charge on any atom is -0.422 e. The predicted molar refractivity (Wildman–Crippen MR) is 78.2 cm³/mol. The lowest BCUT2D eigenvalue weighted by Crippen LogP contribution is -2.46. The van der Waals surface area contributed by atoms with Crippen LogP contribution in [0, 0.1) is 0 Å². The Morgan fingerprint density at radius 1 is 1.24 bits per heavy atom. The van der Waals surface area contributed by atoms with Gasteiger partial charge in [-0.15, -0.1) is 0 Å². The Morgan fingerprint density at radius 2 is 2.00 bits per heavy atom. The van der Waals surface area contributed by atoms with Crippen molar-refractivity contribution in [1.29, 1.82) is 0 Å². The number of nitrogens with one attached hydrogen (secondary N) is 1. The second-order valence-corrected chi connectivity index (χ2v) is 5.42. The van der Waals surface area contributed by atoms with Gasteiger partial charge in [-0.25, -0.2) is 4.79 Å². The molecule has 1 aliphatic rings. The first-order valence-corrected chi connectivity index (χ1v) is 7.17. The molecule has 1 amide bonds. The van der Waals surface area contributed by atoms with Gasteiger partial charge in [-0.1, -0.05) is 31.0 Å². The molecule has 1 heterocycles. The van der Waals surface area contributed by atoms with E-state index in [0.29, 0.717) is 17.4 Å². The summed E-state index contributed by atoms with van der Waals surface area (Å²) in [7, 11) is 0. The zero-order valence-electron chi connectivity index (χ0n) is 11.5. The zero-order valence-corrected chi connectivity index (χ0v) is 11.5. The average molecular weight is 287 g/mol. The predicted octanol–water partition coefficient (Wildman–Crippen LogP) is 1.83. The van der Waals surface area contributed by atoms with Crippen LogP contribution in [-0.4, -0.2) is 23.2 Å². The van der Waals surface area contributed by atoms with Crippen LogP contribution in [0.5, 0.6) is 0 Å². The van der Waals surface area contributed by atoms with E-state index < -0.39 is 17.6 Å². The number of benzene rings is 1. The molecule has 110 valence electrons. The standard InChI is InChI=1S/C16H17NO4/c18-13-7-3-2-6-12(13)17-15(19)11-9-10-5-1-4-8-14(10)21-16(11)20/h1,4-5,8-9,12-13,18H,2-3,6-7H2,(H,17,19)/t12-,13-/m1/s1. The van der Waals surface area contributed by atoms with E-state index in [9.17, 15) is 14.7 Å². The first kappa shape index (κ1) is 13.8. The maximum atomic E-state index is 12.2. The van der Waals surface area contributed by atoms with Gasteiger partial charge in [0.1, 0.15) is 11.1 Å². The van der Waals surface area contributed by atoms with Crippen molar-refractivity contribution in [2.75, 3.05) is 0 Å².